The van der Waals surface area contributed by atoms with Gasteiger partial charge in [0, 0.05) is 18.9 Å². The molecule has 0 aliphatic carbocycles. The van der Waals surface area contributed by atoms with E-state index in [1.807, 2.05) is 41.8 Å². The van der Waals surface area contributed by atoms with Crippen LogP contribution in [-0.4, -0.2) is 31.6 Å². The van der Waals surface area contributed by atoms with Gasteiger partial charge in [-0.25, -0.2) is 9.97 Å². The Morgan fingerprint density at radius 1 is 1.21 bits per heavy atom. The number of nitrogens with zero attached hydrogens (tertiary/aromatic N) is 5. The van der Waals surface area contributed by atoms with E-state index in [9.17, 15) is 0 Å². The molecule has 0 radical (unpaired) electrons. The first kappa shape index (κ1) is 11.9. The zero-order valence-electron chi connectivity index (χ0n) is 10.5. The summed E-state index contributed by atoms with van der Waals surface area (Å²) in [6.45, 7) is 1.94. The first-order chi connectivity index (χ1) is 9.26. The van der Waals surface area contributed by atoms with Crippen LogP contribution in [0.3, 0.4) is 0 Å². The van der Waals surface area contributed by atoms with Gasteiger partial charge in [-0.3, -0.25) is 4.40 Å². The minimum absolute atomic E-state index is 0.608. The standard InChI is InChI=1S/C12H12N6S/c1-8-7-10(15-11(13-2)14-8)19-12-17-16-9-5-3-4-6-18(9)12/h3-7H,1-2H3,(H,13,14,15). The van der Waals surface area contributed by atoms with Crippen LogP contribution in [0.2, 0.25) is 0 Å². The van der Waals surface area contributed by atoms with E-state index in [1.54, 1.807) is 7.05 Å². The minimum atomic E-state index is 0.608. The second-order valence-electron chi connectivity index (χ2n) is 3.93. The van der Waals surface area contributed by atoms with Crippen molar-refractivity contribution in [3.05, 3.63) is 36.2 Å². The summed E-state index contributed by atoms with van der Waals surface area (Å²) in [5.41, 5.74) is 1.74. The van der Waals surface area contributed by atoms with Crippen LogP contribution in [0, 0.1) is 6.92 Å². The summed E-state index contributed by atoms with van der Waals surface area (Å²) in [7, 11) is 1.80. The second kappa shape index (κ2) is 4.85. The van der Waals surface area contributed by atoms with Crippen molar-refractivity contribution in [1.29, 1.82) is 0 Å². The molecule has 0 aromatic carbocycles. The quantitative estimate of drug-likeness (QED) is 0.736. The van der Waals surface area contributed by atoms with Crippen molar-refractivity contribution in [2.24, 2.45) is 0 Å². The average Bonchev–Trinajstić information content (AvgIpc) is 2.82. The lowest BCUT2D eigenvalue weighted by atomic mass is 10.5. The maximum atomic E-state index is 4.39. The van der Waals surface area contributed by atoms with Gasteiger partial charge in [-0.05, 0) is 36.9 Å². The van der Waals surface area contributed by atoms with Crippen LogP contribution in [0.25, 0.3) is 5.65 Å². The molecule has 3 aromatic rings. The molecule has 0 aliphatic rings. The fourth-order valence-corrected chi connectivity index (χ4v) is 2.57. The molecule has 7 heteroatoms. The molecule has 3 heterocycles. The molecular formula is C12H12N6S. The minimum Gasteiger partial charge on any atom is -0.357 e. The number of fused-ring (bicyclic) bond motifs is 1. The molecular weight excluding hydrogens is 260 g/mol. The van der Waals surface area contributed by atoms with Crippen molar-refractivity contribution < 1.29 is 0 Å². The van der Waals surface area contributed by atoms with Gasteiger partial charge >= 0.3 is 0 Å². The van der Waals surface area contributed by atoms with Crippen molar-refractivity contribution in [2.75, 3.05) is 12.4 Å². The number of aryl methyl sites for hydroxylation is 1. The summed E-state index contributed by atoms with van der Waals surface area (Å²) in [6, 6.07) is 7.73. The first-order valence-electron chi connectivity index (χ1n) is 5.77. The summed E-state index contributed by atoms with van der Waals surface area (Å²) in [6.07, 6.45) is 1.94. The van der Waals surface area contributed by atoms with E-state index in [0.29, 0.717) is 5.95 Å². The van der Waals surface area contributed by atoms with Gasteiger partial charge in [0.05, 0.1) is 0 Å². The summed E-state index contributed by atoms with van der Waals surface area (Å²) >= 11 is 1.47. The third kappa shape index (κ3) is 2.37. The topological polar surface area (TPSA) is 68.0 Å². The number of aromatic nitrogens is 5. The molecule has 3 rings (SSSR count). The Morgan fingerprint density at radius 3 is 2.95 bits per heavy atom. The van der Waals surface area contributed by atoms with Gasteiger partial charge in [-0.1, -0.05) is 6.07 Å². The van der Waals surface area contributed by atoms with E-state index < -0.39 is 0 Å². The highest BCUT2D eigenvalue weighted by Crippen LogP contribution is 2.25. The van der Waals surface area contributed by atoms with Crippen molar-refractivity contribution >= 4 is 23.4 Å². The summed E-state index contributed by atoms with van der Waals surface area (Å²) in [5.74, 6) is 0.608. The van der Waals surface area contributed by atoms with Crippen molar-refractivity contribution in [2.45, 2.75) is 17.1 Å². The SMILES string of the molecule is CNc1nc(C)cc(Sc2nnc3ccccn23)n1. The van der Waals surface area contributed by atoms with Gasteiger partial charge in [0.2, 0.25) is 11.1 Å². The lowest BCUT2D eigenvalue weighted by molar-refractivity contribution is 0.913. The molecule has 0 aliphatic heterocycles. The first-order valence-corrected chi connectivity index (χ1v) is 6.59. The van der Waals surface area contributed by atoms with E-state index in [4.69, 9.17) is 0 Å². The monoisotopic (exact) mass is 272 g/mol. The number of nitrogens with one attached hydrogen (secondary N) is 1. The average molecular weight is 272 g/mol. The van der Waals surface area contributed by atoms with Crippen LogP contribution in [-0.2, 0) is 0 Å². The molecule has 0 bridgehead atoms. The molecule has 6 nitrogen and oxygen atoms in total. The van der Waals surface area contributed by atoms with Crippen molar-refractivity contribution in [3.8, 4) is 0 Å². The van der Waals surface area contributed by atoms with Crippen LogP contribution >= 0.6 is 11.8 Å². The fraction of sp³-hybridized carbons (Fsp3) is 0.167. The summed E-state index contributed by atoms with van der Waals surface area (Å²) in [5, 5.41) is 12.9. The third-order valence-corrected chi connectivity index (χ3v) is 3.41. The molecule has 1 N–H and O–H groups in total. The summed E-state index contributed by atoms with van der Waals surface area (Å²) < 4.78 is 1.93. The van der Waals surface area contributed by atoms with E-state index in [-0.39, 0.29) is 0 Å². The van der Waals surface area contributed by atoms with Crippen LogP contribution in [0.1, 0.15) is 5.69 Å². The Balaban J connectivity index is 1.99. The molecule has 0 saturated heterocycles. The predicted octanol–water partition coefficient (Wildman–Crippen LogP) is 2.02. The number of pyridine rings is 1. The highest BCUT2D eigenvalue weighted by Gasteiger charge is 2.09. The van der Waals surface area contributed by atoms with Crippen molar-refractivity contribution in [1.82, 2.24) is 24.6 Å². The van der Waals surface area contributed by atoms with E-state index >= 15 is 0 Å². The number of rotatable bonds is 3. The molecule has 0 fully saturated rings. The second-order valence-corrected chi connectivity index (χ2v) is 4.92. The zero-order valence-corrected chi connectivity index (χ0v) is 11.3. The summed E-state index contributed by atoms with van der Waals surface area (Å²) in [4.78, 5) is 8.66. The maximum Gasteiger partial charge on any atom is 0.223 e. The molecule has 0 spiro atoms. The normalized spacial score (nSPS) is 10.8. The van der Waals surface area contributed by atoms with Gasteiger partial charge in [-0.15, -0.1) is 10.2 Å². The molecule has 3 aromatic heterocycles. The Labute approximate surface area is 114 Å². The van der Waals surface area contributed by atoms with Gasteiger partial charge < -0.3 is 5.32 Å². The maximum absolute atomic E-state index is 4.39. The lowest BCUT2D eigenvalue weighted by Gasteiger charge is -2.03. The molecule has 19 heavy (non-hydrogen) atoms. The van der Waals surface area contributed by atoms with E-state index in [1.165, 1.54) is 11.8 Å². The number of hydrogen-bond acceptors (Lipinski definition) is 6. The van der Waals surface area contributed by atoms with Gasteiger partial charge in [0.25, 0.3) is 0 Å². The highest BCUT2D eigenvalue weighted by molar-refractivity contribution is 7.99. The Hall–Kier alpha value is -2.15. The van der Waals surface area contributed by atoms with E-state index in [2.05, 4.69) is 25.5 Å². The van der Waals surface area contributed by atoms with Crippen LogP contribution in [0.5, 0.6) is 0 Å². The Morgan fingerprint density at radius 2 is 2.11 bits per heavy atom. The fourth-order valence-electron chi connectivity index (χ4n) is 1.69. The van der Waals surface area contributed by atoms with Crippen LogP contribution in [0.4, 0.5) is 5.95 Å². The molecule has 0 saturated carbocycles. The lowest BCUT2D eigenvalue weighted by Crippen LogP contribution is -1.99. The molecule has 96 valence electrons. The molecule has 0 atom stereocenters. The number of hydrogen-bond donors (Lipinski definition) is 1. The van der Waals surface area contributed by atoms with E-state index in [0.717, 1.165) is 21.5 Å². The van der Waals surface area contributed by atoms with Gasteiger partial charge in [0.1, 0.15) is 5.03 Å². The van der Waals surface area contributed by atoms with Crippen LogP contribution < -0.4 is 5.32 Å². The van der Waals surface area contributed by atoms with Gasteiger partial charge in [-0.2, -0.15) is 0 Å². The zero-order chi connectivity index (χ0) is 13.2. The number of anilines is 1. The smallest absolute Gasteiger partial charge is 0.223 e. The highest BCUT2D eigenvalue weighted by atomic mass is 32.2. The Bertz CT molecular complexity index is 723. The van der Waals surface area contributed by atoms with Crippen LogP contribution in [0.15, 0.2) is 40.6 Å². The largest absolute Gasteiger partial charge is 0.357 e. The van der Waals surface area contributed by atoms with Crippen molar-refractivity contribution in [3.63, 3.8) is 0 Å². The predicted molar refractivity (Wildman–Crippen MR) is 73.4 cm³/mol. The van der Waals surface area contributed by atoms with Gasteiger partial charge in [0.15, 0.2) is 5.65 Å². The molecule has 0 amide bonds. The molecule has 0 unspecified atom stereocenters. The Kier molecular flexibility index (Phi) is 3.04. The third-order valence-electron chi connectivity index (χ3n) is 2.53.